The molecule has 0 aliphatic heterocycles. The minimum atomic E-state index is 0.680. The molecule has 0 bridgehead atoms. The lowest BCUT2D eigenvalue weighted by Crippen LogP contribution is -2.02. The molecule has 6 aromatic carbocycles. The first-order valence-corrected chi connectivity index (χ1v) is 12.7. The summed E-state index contributed by atoms with van der Waals surface area (Å²) in [5.41, 5.74) is 19.0. The molecule has 0 saturated carbocycles. The van der Waals surface area contributed by atoms with Gasteiger partial charge in [0.1, 0.15) is 0 Å². The number of hydrogen-bond donors (Lipinski definition) is 2. The van der Waals surface area contributed by atoms with Crippen LogP contribution in [0.4, 0.5) is 0 Å². The third kappa shape index (κ3) is 4.37. The molecule has 0 aliphatic carbocycles. The van der Waals surface area contributed by atoms with Crippen LogP contribution >= 0.6 is 0 Å². The number of benzene rings is 6. The van der Waals surface area contributed by atoms with Gasteiger partial charge >= 0.3 is 0 Å². The molecule has 0 unspecified atom stereocenters. The smallest absolute Gasteiger partial charge is 0.00367 e. The normalized spacial score (nSPS) is 11.5. The van der Waals surface area contributed by atoms with Crippen LogP contribution in [-0.4, -0.2) is 13.1 Å². The van der Waals surface area contributed by atoms with E-state index in [1.165, 1.54) is 65.7 Å². The van der Waals surface area contributed by atoms with Crippen molar-refractivity contribution in [3.8, 4) is 22.3 Å². The molecular weight excluding hydrogens is 436 g/mol. The highest BCUT2D eigenvalue weighted by Crippen LogP contribution is 2.31. The second-order valence-corrected chi connectivity index (χ2v) is 9.65. The number of rotatable bonds is 6. The lowest BCUT2D eigenvalue weighted by Gasteiger charge is -2.10. The van der Waals surface area contributed by atoms with Gasteiger partial charge in [0, 0.05) is 0 Å². The van der Waals surface area contributed by atoms with Gasteiger partial charge in [0.15, 0.2) is 0 Å². The molecule has 0 amide bonds. The third-order valence-electron chi connectivity index (χ3n) is 7.18. The van der Waals surface area contributed by atoms with E-state index in [-0.39, 0.29) is 0 Å². The van der Waals surface area contributed by atoms with Crippen LogP contribution in [0, 0.1) is 0 Å². The van der Waals surface area contributed by atoms with Crippen molar-refractivity contribution < 1.29 is 0 Å². The predicted molar refractivity (Wildman–Crippen MR) is 155 cm³/mol. The summed E-state index contributed by atoms with van der Waals surface area (Å²) in [6.45, 7) is 1.36. The Labute approximate surface area is 212 Å². The van der Waals surface area contributed by atoms with Crippen molar-refractivity contribution in [3.05, 3.63) is 120 Å². The van der Waals surface area contributed by atoms with Gasteiger partial charge in [-0.25, -0.2) is 0 Å². The summed E-state index contributed by atoms with van der Waals surface area (Å²) in [5, 5.41) is 7.55. The highest BCUT2D eigenvalue weighted by atomic mass is 14.5. The molecule has 6 rings (SSSR count). The van der Waals surface area contributed by atoms with Crippen LogP contribution in [0.3, 0.4) is 0 Å². The monoisotopic (exact) mass is 466 g/mol. The van der Waals surface area contributed by atoms with E-state index in [0.717, 1.165) is 12.8 Å². The molecule has 0 atom stereocenters. The van der Waals surface area contributed by atoms with Crippen LogP contribution < -0.4 is 11.5 Å². The standard InChI is InChI=1S/C34H30N2/c35-15-13-23-1-3-27-19-29(7-5-25(27)17-23)31-9-11-34-22-32(10-12-33(34)21-31)30-8-6-26-18-24(14-16-36)2-4-28(26)20-30/h1-12,17-22H,13-16,35-36H2. The highest BCUT2D eigenvalue weighted by Gasteiger charge is 2.06. The van der Waals surface area contributed by atoms with E-state index in [0.29, 0.717) is 13.1 Å². The zero-order valence-electron chi connectivity index (χ0n) is 20.4. The van der Waals surface area contributed by atoms with Crippen molar-refractivity contribution in [2.24, 2.45) is 11.5 Å². The Bertz CT molecular complexity index is 1590. The molecule has 0 radical (unpaired) electrons. The zero-order chi connectivity index (χ0) is 24.5. The van der Waals surface area contributed by atoms with Crippen molar-refractivity contribution in [2.75, 3.05) is 13.1 Å². The van der Waals surface area contributed by atoms with Crippen LogP contribution in [0.5, 0.6) is 0 Å². The van der Waals surface area contributed by atoms with E-state index >= 15 is 0 Å². The van der Waals surface area contributed by atoms with Gasteiger partial charge < -0.3 is 11.5 Å². The molecule has 0 saturated heterocycles. The molecule has 2 heteroatoms. The maximum absolute atomic E-state index is 5.73. The van der Waals surface area contributed by atoms with Gasteiger partial charge in [0.05, 0.1) is 0 Å². The van der Waals surface area contributed by atoms with Gasteiger partial charge in [-0.05, 0) is 116 Å². The topological polar surface area (TPSA) is 52.0 Å². The first-order valence-electron chi connectivity index (χ1n) is 12.7. The van der Waals surface area contributed by atoms with Gasteiger partial charge in [0.25, 0.3) is 0 Å². The van der Waals surface area contributed by atoms with Crippen LogP contribution in [0.2, 0.25) is 0 Å². The van der Waals surface area contributed by atoms with Gasteiger partial charge in [-0.1, -0.05) is 84.9 Å². The molecule has 176 valence electrons. The molecule has 0 heterocycles. The number of hydrogen-bond acceptors (Lipinski definition) is 2. The molecule has 6 aromatic rings. The van der Waals surface area contributed by atoms with E-state index in [4.69, 9.17) is 11.5 Å². The summed E-state index contributed by atoms with van der Waals surface area (Å²) < 4.78 is 0. The maximum atomic E-state index is 5.73. The van der Waals surface area contributed by atoms with Gasteiger partial charge in [-0.15, -0.1) is 0 Å². The maximum Gasteiger partial charge on any atom is -0.00367 e. The quantitative estimate of drug-likeness (QED) is 0.267. The van der Waals surface area contributed by atoms with Crippen molar-refractivity contribution in [1.29, 1.82) is 0 Å². The summed E-state index contributed by atoms with van der Waals surface area (Å²) in [6, 6.07) is 40.3. The van der Waals surface area contributed by atoms with Crippen LogP contribution in [0.15, 0.2) is 109 Å². The Morgan fingerprint density at radius 1 is 0.333 bits per heavy atom. The minimum absolute atomic E-state index is 0.680. The SMILES string of the molecule is NCCc1ccc2cc(-c3ccc4cc(-c5ccc6cc(CCN)ccc6c5)ccc4c3)ccc2c1. The lowest BCUT2D eigenvalue weighted by molar-refractivity contribution is 0.971. The van der Waals surface area contributed by atoms with Crippen molar-refractivity contribution in [3.63, 3.8) is 0 Å². The fourth-order valence-electron chi connectivity index (χ4n) is 5.20. The van der Waals surface area contributed by atoms with Crippen molar-refractivity contribution >= 4 is 32.3 Å². The van der Waals surface area contributed by atoms with Crippen molar-refractivity contribution in [2.45, 2.75) is 12.8 Å². The van der Waals surface area contributed by atoms with Gasteiger partial charge in [0.2, 0.25) is 0 Å². The largest absolute Gasteiger partial charge is 0.330 e. The molecule has 36 heavy (non-hydrogen) atoms. The van der Waals surface area contributed by atoms with Gasteiger partial charge in [-0.2, -0.15) is 0 Å². The Kier molecular flexibility index (Phi) is 5.98. The Morgan fingerprint density at radius 3 is 0.917 bits per heavy atom. The van der Waals surface area contributed by atoms with E-state index in [1.54, 1.807) is 0 Å². The van der Waals surface area contributed by atoms with Crippen LogP contribution in [-0.2, 0) is 12.8 Å². The lowest BCUT2D eigenvalue weighted by atomic mass is 9.95. The molecule has 2 nitrogen and oxygen atoms in total. The summed E-state index contributed by atoms with van der Waals surface area (Å²) >= 11 is 0. The summed E-state index contributed by atoms with van der Waals surface area (Å²) in [6.07, 6.45) is 1.83. The number of nitrogens with two attached hydrogens (primary N) is 2. The third-order valence-corrected chi connectivity index (χ3v) is 7.18. The predicted octanol–water partition coefficient (Wildman–Crippen LogP) is 7.48. The van der Waals surface area contributed by atoms with E-state index < -0.39 is 0 Å². The van der Waals surface area contributed by atoms with Crippen LogP contribution in [0.25, 0.3) is 54.6 Å². The average molecular weight is 467 g/mol. The summed E-state index contributed by atoms with van der Waals surface area (Å²) in [4.78, 5) is 0. The Morgan fingerprint density at radius 2 is 0.611 bits per heavy atom. The second-order valence-electron chi connectivity index (χ2n) is 9.65. The minimum Gasteiger partial charge on any atom is -0.330 e. The zero-order valence-corrected chi connectivity index (χ0v) is 20.4. The fraction of sp³-hybridized carbons (Fsp3) is 0.118. The van der Waals surface area contributed by atoms with E-state index in [9.17, 15) is 0 Å². The second kappa shape index (κ2) is 9.58. The molecule has 0 fully saturated rings. The Hall–Kier alpha value is -3.98. The highest BCUT2D eigenvalue weighted by molar-refractivity contribution is 5.94. The number of fused-ring (bicyclic) bond motifs is 3. The molecule has 0 aromatic heterocycles. The molecular formula is C34H30N2. The van der Waals surface area contributed by atoms with E-state index in [1.807, 2.05) is 0 Å². The van der Waals surface area contributed by atoms with Gasteiger partial charge in [-0.3, -0.25) is 0 Å². The summed E-state index contributed by atoms with van der Waals surface area (Å²) in [5.74, 6) is 0. The van der Waals surface area contributed by atoms with Crippen molar-refractivity contribution in [1.82, 2.24) is 0 Å². The average Bonchev–Trinajstić information content (AvgIpc) is 2.92. The van der Waals surface area contributed by atoms with E-state index in [2.05, 4.69) is 109 Å². The Balaban J connectivity index is 1.31. The first-order chi connectivity index (χ1) is 17.7. The molecule has 0 spiro atoms. The molecule has 4 N–H and O–H groups in total. The van der Waals surface area contributed by atoms with Crippen LogP contribution in [0.1, 0.15) is 11.1 Å². The first kappa shape index (κ1) is 22.5. The fourth-order valence-corrected chi connectivity index (χ4v) is 5.20. The molecule has 0 aliphatic rings. The summed E-state index contributed by atoms with van der Waals surface area (Å²) in [7, 11) is 0.